The van der Waals surface area contributed by atoms with E-state index in [0.29, 0.717) is 11.6 Å². The van der Waals surface area contributed by atoms with Gasteiger partial charge in [0.15, 0.2) is 0 Å². The Hall–Kier alpha value is -1.55. The monoisotopic (exact) mass is 350 g/mol. The fourth-order valence-corrected chi connectivity index (χ4v) is 3.20. The first-order chi connectivity index (χ1) is 10.7. The number of nitrogens with zero attached hydrogens (tertiary/aromatic N) is 1. The lowest BCUT2D eigenvalue weighted by molar-refractivity contribution is 0.0633. The molecule has 0 spiro atoms. The molecule has 122 valence electrons. The van der Waals surface area contributed by atoms with Crippen molar-refractivity contribution in [2.75, 3.05) is 19.6 Å². The van der Waals surface area contributed by atoms with Gasteiger partial charge >= 0.3 is 0 Å². The van der Waals surface area contributed by atoms with Crippen LogP contribution in [0, 0.1) is 6.92 Å². The van der Waals surface area contributed by atoms with Gasteiger partial charge in [0.25, 0.3) is 5.91 Å². The largest absolute Gasteiger partial charge is 0.329 e. The van der Waals surface area contributed by atoms with Crippen LogP contribution >= 0.6 is 24.0 Å². The van der Waals surface area contributed by atoms with Crippen molar-refractivity contribution in [1.82, 2.24) is 10.2 Å². The Kier molecular flexibility index (Phi) is 6.05. The molecular weight excluding hydrogens is 331 g/mol. The lowest BCUT2D eigenvalue weighted by Gasteiger charge is -2.37. The number of carbonyl (C=O) groups is 1. The molecule has 0 aliphatic carbocycles. The van der Waals surface area contributed by atoms with Crippen LogP contribution in [-0.2, 0) is 0 Å². The smallest absolute Gasteiger partial charge is 0.254 e. The van der Waals surface area contributed by atoms with Gasteiger partial charge in [0, 0.05) is 30.2 Å². The second-order valence-corrected chi connectivity index (χ2v) is 5.96. The lowest BCUT2D eigenvalue weighted by atomic mass is 10.0. The molecule has 23 heavy (non-hydrogen) atoms. The Balaban J connectivity index is 0.00000192. The Labute approximate surface area is 148 Å². The Bertz CT molecular complexity index is 690. The van der Waals surface area contributed by atoms with Crippen LogP contribution in [0.25, 0.3) is 0 Å². The van der Waals surface area contributed by atoms with Gasteiger partial charge in [0.1, 0.15) is 0 Å². The minimum atomic E-state index is -0.0328. The fraction of sp³-hybridized carbons (Fsp3) is 0.278. The highest BCUT2D eigenvalue weighted by Gasteiger charge is 2.30. The molecule has 1 saturated heterocycles. The first-order valence-electron chi connectivity index (χ1n) is 7.50. The zero-order chi connectivity index (χ0) is 15.5. The molecular formula is C18H20Cl2N2O. The highest BCUT2D eigenvalue weighted by Crippen LogP contribution is 2.29. The van der Waals surface area contributed by atoms with Gasteiger partial charge in [0.2, 0.25) is 0 Å². The molecule has 0 saturated carbocycles. The predicted octanol–water partition coefficient (Wildman–Crippen LogP) is 3.86. The third-order valence-electron chi connectivity index (χ3n) is 4.14. The van der Waals surface area contributed by atoms with Crippen LogP contribution in [0.5, 0.6) is 0 Å². The van der Waals surface area contributed by atoms with E-state index in [9.17, 15) is 4.79 Å². The molecule has 1 amide bonds. The number of rotatable bonds is 2. The number of hydrogen-bond donors (Lipinski definition) is 1. The van der Waals surface area contributed by atoms with E-state index in [2.05, 4.69) is 5.32 Å². The number of amides is 1. The second kappa shape index (κ2) is 7.82. The first kappa shape index (κ1) is 17.8. The van der Waals surface area contributed by atoms with Crippen molar-refractivity contribution in [2.45, 2.75) is 13.0 Å². The van der Waals surface area contributed by atoms with Crippen LogP contribution in [0.3, 0.4) is 0 Å². The zero-order valence-corrected chi connectivity index (χ0v) is 14.5. The van der Waals surface area contributed by atoms with Crippen LogP contribution in [0.1, 0.15) is 27.5 Å². The third-order valence-corrected chi connectivity index (χ3v) is 4.49. The van der Waals surface area contributed by atoms with Crippen molar-refractivity contribution < 1.29 is 4.79 Å². The number of benzene rings is 2. The molecule has 1 heterocycles. The van der Waals surface area contributed by atoms with E-state index in [1.807, 2.05) is 60.4 Å². The maximum Gasteiger partial charge on any atom is 0.254 e. The van der Waals surface area contributed by atoms with E-state index in [1.165, 1.54) is 0 Å². The standard InChI is InChI=1S/C18H19ClN2O.ClH/c1-13-6-2-3-7-14(13)18(22)21-11-10-20-12-17(21)15-8-4-5-9-16(15)19;/h2-9,17,20H,10-12H2,1H3;1H. The van der Waals surface area contributed by atoms with Crippen LogP contribution in [0.2, 0.25) is 5.02 Å². The summed E-state index contributed by atoms with van der Waals surface area (Å²) in [7, 11) is 0. The summed E-state index contributed by atoms with van der Waals surface area (Å²) in [6, 6.07) is 15.4. The molecule has 3 rings (SSSR count). The molecule has 1 aliphatic heterocycles. The number of carbonyl (C=O) groups excluding carboxylic acids is 1. The molecule has 0 radical (unpaired) electrons. The maximum absolute atomic E-state index is 13.0. The van der Waals surface area contributed by atoms with E-state index >= 15 is 0 Å². The van der Waals surface area contributed by atoms with E-state index in [0.717, 1.165) is 29.8 Å². The highest BCUT2D eigenvalue weighted by molar-refractivity contribution is 6.31. The van der Waals surface area contributed by atoms with Gasteiger partial charge < -0.3 is 10.2 Å². The molecule has 0 bridgehead atoms. The van der Waals surface area contributed by atoms with Gasteiger partial charge in [-0.1, -0.05) is 48.0 Å². The SMILES string of the molecule is Cc1ccccc1C(=O)N1CCNCC1c1ccccc1Cl.Cl. The Morgan fingerprint density at radius 3 is 2.61 bits per heavy atom. The van der Waals surface area contributed by atoms with Gasteiger partial charge in [-0.3, -0.25) is 4.79 Å². The second-order valence-electron chi connectivity index (χ2n) is 5.55. The first-order valence-corrected chi connectivity index (χ1v) is 7.88. The maximum atomic E-state index is 13.0. The van der Waals surface area contributed by atoms with Gasteiger partial charge in [0.05, 0.1) is 6.04 Å². The molecule has 1 atom stereocenters. The summed E-state index contributed by atoms with van der Waals surface area (Å²) in [6.07, 6.45) is 0. The van der Waals surface area contributed by atoms with Gasteiger partial charge in [-0.2, -0.15) is 0 Å². The molecule has 5 heteroatoms. The summed E-state index contributed by atoms with van der Waals surface area (Å²) in [5.74, 6) is 0.0736. The Morgan fingerprint density at radius 2 is 1.87 bits per heavy atom. The minimum Gasteiger partial charge on any atom is -0.329 e. The number of nitrogens with one attached hydrogen (secondary N) is 1. The quantitative estimate of drug-likeness (QED) is 0.891. The van der Waals surface area contributed by atoms with Crippen molar-refractivity contribution in [3.63, 3.8) is 0 Å². The molecule has 3 nitrogen and oxygen atoms in total. The molecule has 1 fully saturated rings. The molecule has 2 aromatic rings. The minimum absolute atomic E-state index is 0. The van der Waals surface area contributed by atoms with Crippen molar-refractivity contribution in [2.24, 2.45) is 0 Å². The molecule has 0 aromatic heterocycles. The molecule has 1 unspecified atom stereocenters. The topological polar surface area (TPSA) is 32.3 Å². The lowest BCUT2D eigenvalue weighted by Crippen LogP contribution is -2.48. The number of piperazine rings is 1. The zero-order valence-electron chi connectivity index (χ0n) is 13.0. The van der Waals surface area contributed by atoms with Crippen LogP contribution in [0.4, 0.5) is 0 Å². The van der Waals surface area contributed by atoms with Gasteiger partial charge in [-0.25, -0.2) is 0 Å². The summed E-state index contributed by atoms with van der Waals surface area (Å²) in [6.45, 7) is 4.18. The summed E-state index contributed by atoms with van der Waals surface area (Å²) in [5.41, 5.74) is 2.77. The summed E-state index contributed by atoms with van der Waals surface area (Å²) in [4.78, 5) is 14.9. The van der Waals surface area contributed by atoms with E-state index < -0.39 is 0 Å². The normalized spacial score (nSPS) is 17.5. The number of aryl methyl sites for hydroxylation is 1. The summed E-state index contributed by atoms with van der Waals surface area (Å²) >= 11 is 6.34. The van der Waals surface area contributed by atoms with Gasteiger partial charge in [-0.15, -0.1) is 12.4 Å². The predicted molar refractivity (Wildman–Crippen MR) is 96.5 cm³/mol. The van der Waals surface area contributed by atoms with Crippen LogP contribution in [-0.4, -0.2) is 30.4 Å². The average Bonchev–Trinajstić information content (AvgIpc) is 2.55. The van der Waals surface area contributed by atoms with Gasteiger partial charge in [-0.05, 0) is 30.2 Å². The Morgan fingerprint density at radius 1 is 1.17 bits per heavy atom. The van der Waals surface area contributed by atoms with Crippen molar-refractivity contribution >= 4 is 29.9 Å². The summed E-state index contributed by atoms with van der Waals surface area (Å²) < 4.78 is 0. The van der Waals surface area contributed by atoms with Crippen LogP contribution in [0.15, 0.2) is 48.5 Å². The molecule has 1 aliphatic rings. The average molecular weight is 351 g/mol. The van der Waals surface area contributed by atoms with Crippen molar-refractivity contribution in [3.8, 4) is 0 Å². The number of halogens is 2. The molecule has 2 aromatic carbocycles. The fourth-order valence-electron chi connectivity index (χ4n) is 2.94. The van der Waals surface area contributed by atoms with E-state index in [-0.39, 0.29) is 24.4 Å². The number of hydrogen-bond acceptors (Lipinski definition) is 2. The van der Waals surface area contributed by atoms with Crippen molar-refractivity contribution in [3.05, 3.63) is 70.2 Å². The van der Waals surface area contributed by atoms with E-state index in [1.54, 1.807) is 0 Å². The third kappa shape index (κ3) is 3.69. The van der Waals surface area contributed by atoms with Crippen LogP contribution < -0.4 is 5.32 Å². The van der Waals surface area contributed by atoms with E-state index in [4.69, 9.17) is 11.6 Å². The summed E-state index contributed by atoms with van der Waals surface area (Å²) in [5, 5.41) is 4.07. The molecule has 1 N–H and O–H groups in total. The van der Waals surface area contributed by atoms with Crippen molar-refractivity contribution in [1.29, 1.82) is 0 Å². The highest BCUT2D eigenvalue weighted by atomic mass is 35.5.